The number of likely N-dealkylation sites (N-methyl/N-ethyl adjacent to an activating group) is 2. The lowest BCUT2D eigenvalue weighted by Crippen LogP contribution is -2.28. The fraction of sp³-hybridized carbons (Fsp3) is 0.286. The minimum Gasteiger partial charge on any atom is -0.373 e. The molecule has 0 aliphatic carbocycles. The van der Waals surface area contributed by atoms with Crippen molar-refractivity contribution in [1.82, 2.24) is 4.90 Å². The molecule has 24 heavy (non-hydrogen) atoms. The lowest BCUT2D eigenvalue weighted by atomic mass is 10.0. The molecule has 2 aromatic carbocycles. The molecule has 0 heterocycles. The number of benzene rings is 2. The van der Waals surface area contributed by atoms with E-state index in [2.05, 4.69) is 74.3 Å². The van der Waals surface area contributed by atoms with Crippen molar-refractivity contribution in [3.63, 3.8) is 0 Å². The molecule has 0 unspecified atom stereocenters. The van der Waals surface area contributed by atoms with Gasteiger partial charge in [0.1, 0.15) is 0 Å². The zero-order valence-electron chi connectivity index (χ0n) is 15.0. The molecule has 0 saturated heterocycles. The highest BCUT2D eigenvalue weighted by molar-refractivity contribution is 5.80. The van der Waals surface area contributed by atoms with Gasteiger partial charge in [-0.2, -0.15) is 5.26 Å². The van der Waals surface area contributed by atoms with Crippen LogP contribution in [-0.4, -0.2) is 39.1 Å². The average molecular weight is 319 g/mol. The second-order valence-corrected chi connectivity index (χ2v) is 6.33. The van der Waals surface area contributed by atoms with E-state index in [1.54, 1.807) is 0 Å². The molecule has 0 saturated carbocycles. The summed E-state index contributed by atoms with van der Waals surface area (Å²) in [5.41, 5.74) is 5.43. The summed E-state index contributed by atoms with van der Waals surface area (Å²) in [5, 5.41) is 8.87. The highest BCUT2D eigenvalue weighted by Gasteiger charge is 2.02. The van der Waals surface area contributed by atoms with Gasteiger partial charge in [-0.05, 0) is 62.0 Å². The zero-order valence-corrected chi connectivity index (χ0v) is 15.0. The summed E-state index contributed by atoms with van der Waals surface area (Å²) >= 11 is 0. The molecule has 0 spiro atoms. The topological polar surface area (TPSA) is 30.3 Å². The van der Waals surface area contributed by atoms with E-state index in [1.807, 2.05) is 24.3 Å². The summed E-state index contributed by atoms with van der Waals surface area (Å²) in [4.78, 5) is 4.45. The van der Waals surface area contributed by atoms with Crippen molar-refractivity contribution in [3.05, 3.63) is 65.2 Å². The van der Waals surface area contributed by atoms with Crippen molar-refractivity contribution in [2.45, 2.75) is 6.92 Å². The van der Waals surface area contributed by atoms with Gasteiger partial charge in [-0.15, -0.1) is 0 Å². The van der Waals surface area contributed by atoms with E-state index in [9.17, 15) is 0 Å². The molecular weight excluding hydrogens is 294 g/mol. The van der Waals surface area contributed by atoms with Gasteiger partial charge < -0.3 is 9.80 Å². The first-order valence-electron chi connectivity index (χ1n) is 8.14. The SMILES string of the molecule is C/C(=C\c1ccc(N(C)CCN(C)C)cc1)c1ccc(C#N)cc1. The van der Waals surface area contributed by atoms with Gasteiger partial charge in [-0.3, -0.25) is 0 Å². The monoisotopic (exact) mass is 319 g/mol. The highest BCUT2D eigenvalue weighted by atomic mass is 15.1. The van der Waals surface area contributed by atoms with Crippen LogP contribution in [0, 0.1) is 11.3 Å². The second-order valence-electron chi connectivity index (χ2n) is 6.33. The normalized spacial score (nSPS) is 11.4. The fourth-order valence-corrected chi connectivity index (χ4v) is 2.45. The number of nitrogens with zero attached hydrogens (tertiary/aromatic N) is 3. The summed E-state index contributed by atoms with van der Waals surface area (Å²) in [5.74, 6) is 0. The Morgan fingerprint density at radius 2 is 1.58 bits per heavy atom. The molecule has 0 amide bonds. The van der Waals surface area contributed by atoms with Crippen LogP contribution in [-0.2, 0) is 0 Å². The summed E-state index contributed by atoms with van der Waals surface area (Å²) in [6.45, 7) is 4.14. The van der Waals surface area contributed by atoms with Crippen LogP contribution in [0.4, 0.5) is 5.69 Å². The van der Waals surface area contributed by atoms with E-state index in [0.717, 1.165) is 18.7 Å². The number of nitriles is 1. The van der Waals surface area contributed by atoms with E-state index in [4.69, 9.17) is 5.26 Å². The van der Waals surface area contributed by atoms with Crippen LogP contribution in [0.2, 0.25) is 0 Å². The Kier molecular flexibility index (Phi) is 6.17. The third-order valence-electron chi connectivity index (χ3n) is 4.07. The minimum atomic E-state index is 0.691. The Hall–Kier alpha value is -2.57. The number of hydrogen-bond donors (Lipinski definition) is 0. The second kappa shape index (κ2) is 8.33. The Morgan fingerprint density at radius 1 is 0.958 bits per heavy atom. The third kappa shape index (κ3) is 4.97. The van der Waals surface area contributed by atoms with Crippen LogP contribution in [0.15, 0.2) is 48.5 Å². The number of rotatable bonds is 6. The van der Waals surface area contributed by atoms with Gasteiger partial charge in [-0.25, -0.2) is 0 Å². The molecule has 0 fully saturated rings. The number of allylic oxidation sites excluding steroid dienone is 1. The minimum absolute atomic E-state index is 0.691. The lowest BCUT2D eigenvalue weighted by Gasteiger charge is -2.21. The van der Waals surface area contributed by atoms with Crippen molar-refractivity contribution in [2.24, 2.45) is 0 Å². The molecule has 0 N–H and O–H groups in total. The molecule has 0 aliphatic heterocycles. The Bertz CT molecular complexity index is 719. The first-order valence-corrected chi connectivity index (χ1v) is 8.14. The van der Waals surface area contributed by atoms with Gasteiger partial charge in [-0.1, -0.05) is 30.3 Å². The molecule has 0 bridgehead atoms. The molecule has 3 heteroatoms. The smallest absolute Gasteiger partial charge is 0.0991 e. The number of hydrogen-bond acceptors (Lipinski definition) is 3. The van der Waals surface area contributed by atoms with Crippen LogP contribution >= 0.6 is 0 Å². The maximum Gasteiger partial charge on any atom is 0.0991 e. The quantitative estimate of drug-likeness (QED) is 0.750. The maximum atomic E-state index is 8.87. The standard InChI is InChI=1S/C21H25N3/c1-17(20-9-5-19(16-22)6-10-20)15-18-7-11-21(12-8-18)24(4)14-13-23(2)3/h5-12,15H,13-14H2,1-4H3/b17-15+. The first-order chi connectivity index (χ1) is 11.5. The first kappa shape index (κ1) is 17.8. The Labute approximate surface area is 145 Å². The molecule has 124 valence electrons. The molecule has 2 aromatic rings. The number of anilines is 1. The van der Waals surface area contributed by atoms with Gasteiger partial charge in [0.25, 0.3) is 0 Å². The van der Waals surface area contributed by atoms with E-state index in [-0.39, 0.29) is 0 Å². The van der Waals surface area contributed by atoms with Crippen LogP contribution in [0.5, 0.6) is 0 Å². The summed E-state index contributed by atoms with van der Waals surface area (Å²) in [6.07, 6.45) is 2.17. The van der Waals surface area contributed by atoms with Crippen LogP contribution in [0.25, 0.3) is 11.6 Å². The maximum absolute atomic E-state index is 8.87. The molecule has 0 radical (unpaired) electrons. The van der Waals surface area contributed by atoms with Gasteiger partial charge in [0.05, 0.1) is 11.6 Å². The van der Waals surface area contributed by atoms with Crippen LogP contribution in [0.1, 0.15) is 23.6 Å². The van der Waals surface area contributed by atoms with Crippen molar-refractivity contribution in [1.29, 1.82) is 5.26 Å². The van der Waals surface area contributed by atoms with Crippen LogP contribution < -0.4 is 4.90 Å². The van der Waals surface area contributed by atoms with E-state index >= 15 is 0 Å². The highest BCUT2D eigenvalue weighted by Crippen LogP contribution is 2.20. The fourth-order valence-electron chi connectivity index (χ4n) is 2.45. The average Bonchev–Trinajstić information content (AvgIpc) is 2.60. The summed E-state index contributed by atoms with van der Waals surface area (Å²) in [6, 6.07) is 18.5. The summed E-state index contributed by atoms with van der Waals surface area (Å²) in [7, 11) is 6.30. The van der Waals surface area contributed by atoms with Crippen molar-refractivity contribution in [2.75, 3.05) is 39.1 Å². The van der Waals surface area contributed by atoms with E-state index < -0.39 is 0 Å². The Morgan fingerprint density at radius 3 is 2.12 bits per heavy atom. The molecule has 2 rings (SSSR count). The van der Waals surface area contributed by atoms with Crippen LogP contribution in [0.3, 0.4) is 0 Å². The van der Waals surface area contributed by atoms with Crippen molar-refractivity contribution in [3.8, 4) is 6.07 Å². The molecule has 0 aromatic heterocycles. The lowest BCUT2D eigenvalue weighted by molar-refractivity contribution is 0.416. The van der Waals surface area contributed by atoms with Crippen molar-refractivity contribution < 1.29 is 0 Å². The zero-order chi connectivity index (χ0) is 17.5. The van der Waals surface area contributed by atoms with Gasteiger partial charge >= 0.3 is 0 Å². The molecule has 3 nitrogen and oxygen atoms in total. The van der Waals surface area contributed by atoms with E-state index in [1.165, 1.54) is 16.8 Å². The van der Waals surface area contributed by atoms with Gasteiger partial charge in [0, 0.05) is 25.8 Å². The Balaban J connectivity index is 2.08. The third-order valence-corrected chi connectivity index (χ3v) is 4.07. The molecular formula is C21H25N3. The van der Waals surface area contributed by atoms with Gasteiger partial charge in [0.2, 0.25) is 0 Å². The van der Waals surface area contributed by atoms with E-state index in [0.29, 0.717) is 5.56 Å². The summed E-state index contributed by atoms with van der Waals surface area (Å²) < 4.78 is 0. The predicted molar refractivity (Wildman–Crippen MR) is 103 cm³/mol. The molecule has 0 atom stereocenters. The predicted octanol–water partition coefficient (Wildman–Crippen LogP) is 4.12. The van der Waals surface area contributed by atoms with Gasteiger partial charge in [0.15, 0.2) is 0 Å². The largest absolute Gasteiger partial charge is 0.373 e. The molecule has 0 aliphatic rings. The van der Waals surface area contributed by atoms with Crippen molar-refractivity contribution >= 4 is 17.3 Å².